The van der Waals surface area contributed by atoms with E-state index < -0.39 is 0 Å². The molecule has 0 fully saturated rings. The lowest BCUT2D eigenvalue weighted by Crippen LogP contribution is -2.17. The number of nitrogens with one attached hydrogen (secondary N) is 1. The van der Waals surface area contributed by atoms with Crippen LogP contribution in [0.4, 0.5) is 17.8 Å². The molecule has 1 unspecified atom stereocenters. The van der Waals surface area contributed by atoms with Crippen LogP contribution in [0.15, 0.2) is 24.3 Å². The molecule has 0 bridgehead atoms. The molecule has 3 N–H and O–H groups in total. The number of nitrogens with zero attached hydrogens (tertiary/aromatic N) is 4. The number of nitrogen functional groups attached to an aromatic ring is 1. The molecule has 0 radical (unpaired) electrons. The molecular weight excluding hydrogens is 268 g/mol. The molecule has 21 heavy (non-hydrogen) atoms. The van der Waals surface area contributed by atoms with E-state index in [1.807, 2.05) is 45.3 Å². The van der Waals surface area contributed by atoms with Crippen LogP contribution >= 0.6 is 0 Å². The van der Waals surface area contributed by atoms with Crippen LogP contribution in [0.3, 0.4) is 0 Å². The third kappa shape index (κ3) is 3.71. The van der Waals surface area contributed by atoms with Gasteiger partial charge in [0.05, 0.1) is 13.2 Å². The summed E-state index contributed by atoms with van der Waals surface area (Å²) in [5.74, 6) is 1.99. The van der Waals surface area contributed by atoms with Gasteiger partial charge in [0.2, 0.25) is 17.8 Å². The summed E-state index contributed by atoms with van der Waals surface area (Å²) >= 11 is 0. The number of ether oxygens (including phenoxy) is 1. The topological polar surface area (TPSA) is 89.2 Å². The first kappa shape index (κ1) is 14.8. The zero-order valence-electron chi connectivity index (χ0n) is 12.7. The molecule has 0 amide bonds. The van der Waals surface area contributed by atoms with Gasteiger partial charge < -0.3 is 20.7 Å². The minimum Gasteiger partial charge on any atom is -0.497 e. The number of hydrogen-bond donors (Lipinski definition) is 2. The maximum Gasteiger partial charge on any atom is 0.231 e. The second-order valence-electron chi connectivity index (χ2n) is 4.85. The lowest BCUT2D eigenvalue weighted by Gasteiger charge is -2.16. The first-order valence-electron chi connectivity index (χ1n) is 6.59. The van der Waals surface area contributed by atoms with Gasteiger partial charge in [-0.15, -0.1) is 0 Å². The molecule has 2 aromatic rings. The largest absolute Gasteiger partial charge is 0.497 e. The highest BCUT2D eigenvalue weighted by atomic mass is 16.5. The van der Waals surface area contributed by atoms with E-state index in [1.165, 1.54) is 0 Å². The van der Waals surface area contributed by atoms with Gasteiger partial charge >= 0.3 is 0 Å². The fourth-order valence-corrected chi connectivity index (χ4v) is 1.81. The lowest BCUT2D eigenvalue weighted by atomic mass is 10.1. The van der Waals surface area contributed by atoms with Crippen molar-refractivity contribution >= 4 is 17.8 Å². The molecule has 112 valence electrons. The highest BCUT2D eigenvalue weighted by Gasteiger charge is 2.10. The van der Waals surface area contributed by atoms with Crippen LogP contribution in [-0.2, 0) is 0 Å². The van der Waals surface area contributed by atoms with E-state index in [1.54, 1.807) is 12.0 Å². The van der Waals surface area contributed by atoms with Crippen molar-refractivity contribution in [2.75, 3.05) is 37.2 Å². The summed E-state index contributed by atoms with van der Waals surface area (Å²) in [5, 5.41) is 3.22. The molecule has 1 aromatic heterocycles. The Kier molecular flexibility index (Phi) is 4.42. The van der Waals surface area contributed by atoms with Crippen LogP contribution in [0, 0.1) is 0 Å². The van der Waals surface area contributed by atoms with Crippen LogP contribution < -0.4 is 20.7 Å². The lowest BCUT2D eigenvalue weighted by molar-refractivity contribution is 0.414. The zero-order chi connectivity index (χ0) is 15.4. The van der Waals surface area contributed by atoms with Crippen molar-refractivity contribution in [2.45, 2.75) is 13.0 Å². The Labute approximate surface area is 124 Å². The van der Waals surface area contributed by atoms with Gasteiger partial charge in [0, 0.05) is 14.1 Å². The van der Waals surface area contributed by atoms with Gasteiger partial charge in [-0.1, -0.05) is 12.1 Å². The molecule has 0 aliphatic carbocycles. The maximum absolute atomic E-state index is 5.70. The van der Waals surface area contributed by atoms with Crippen molar-refractivity contribution in [1.29, 1.82) is 0 Å². The van der Waals surface area contributed by atoms with E-state index in [0.717, 1.165) is 11.3 Å². The van der Waals surface area contributed by atoms with E-state index in [-0.39, 0.29) is 12.0 Å². The molecule has 1 atom stereocenters. The quantitative estimate of drug-likeness (QED) is 0.865. The molecule has 0 saturated heterocycles. The van der Waals surface area contributed by atoms with Gasteiger partial charge in [0.25, 0.3) is 0 Å². The number of aromatic nitrogens is 3. The van der Waals surface area contributed by atoms with Crippen LogP contribution in [0.5, 0.6) is 5.75 Å². The van der Waals surface area contributed by atoms with Crippen LogP contribution in [-0.4, -0.2) is 36.2 Å². The summed E-state index contributed by atoms with van der Waals surface area (Å²) in [5.41, 5.74) is 6.80. The Hall–Kier alpha value is -2.57. The first-order chi connectivity index (χ1) is 9.99. The molecule has 0 aliphatic heterocycles. The maximum atomic E-state index is 5.70. The molecule has 7 heteroatoms. The number of anilines is 3. The fourth-order valence-electron chi connectivity index (χ4n) is 1.81. The standard InChI is InChI=1S/C14H20N6O/c1-9(10-5-7-11(21-4)8-6-10)16-13-17-12(15)18-14(19-13)20(2)3/h5-9H,1-4H3,(H3,15,16,17,18,19). The minimum atomic E-state index is 0.0349. The van der Waals surface area contributed by atoms with Gasteiger partial charge in [0.15, 0.2) is 0 Å². The summed E-state index contributed by atoms with van der Waals surface area (Å²) in [6.07, 6.45) is 0. The molecule has 0 spiro atoms. The SMILES string of the molecule is COc1ccc(C(C)Nc2nc(N)nc(N(C)C)n2)cc1. The summed E-state index contributed by atoms with van der Waals surface area (Å²) in [4.78, 5) is 14.3. The summed E-state index contributed by atoms with van der Waals surface area (Å²) in [7, 11) is 5.35. The predicted molar refractivity (Wildman–Crippen MR) is 83.6 cm³/mol. The van der Waals surface area contributed by atoms with E-state index in [9.17, 15) is 0 Å². The normalized spacial score (nSPS) is 11.8. The Balaban J connectivity index is 2.16. The average Bonchev–Trinajstić information content (AvgIpc) is 2.46. The predicted octanol–water partition coefficient (Wildman–Crippen LogP) is 1.70. The molecule has 1 heterocycles. The van der Waals surface area contributed by atoms with E-state index >= 15 is 0 Å². The number of methoxy groups -OCH3 is 1. The smallest absolute Gasteiger partial charge is 0.231 e. The highest BCUT2D eigenvalue weighted by Crippen LogP contribution is 2.20. The third-order valence-corrected chi connectivity index (χ3v) is 3.00. The number of hydrogen-bond acceptors (Lipinski definition) is 7. The molecule has 1 aromatic carbocycles. The van der Waals surface area contributed by atoms with Crippen LogP contribution in [0.2, 0.25) is 0 Å². The first-order valence-corrected chi connectivity index (χ1v) is 6.59. The Bertz CT molecular complexity index is 599. The Morgan fingerprint density at radius 2 is 1.81 bits per heavy atom. The second kappa shape index (κ2) is 6.25. The van der Waals surface area contributed by atoms with E-state index in [0.29, 0.717) is 11.9 Å². The van der Waals surface area contributed by atoms with Crippen LogP contribution in [0.25, 0.3) is 0 Å². The van der Waals surface area contributed by atoms with Gasteiger partial charge in [-0.3, -0.25) is 0 Å². The van der Waals surface area contributed by atoms with Gasteiger partial charge in [-0.2, -0.15) is 15.0 Å². The fraction of sp³-hybridized carbons (Fsp3) is 0.357. The molecule has 0 aliphatic rings. The van der Waals surface area contributed by atoms with Gasteiger partial charge in [-0.25, -0.2) is 0 Å². The zero-order valence-corrected chi connectivity index (χ0v) is 12.7. The number of benzene rings is 1. The number of nitrogens with two attached hydrogens (primary N) is 1. The van der Waals surface area contributed by atoms with Crippen LogP contribution in [0.1, 0.15) is 18.5 Å². The molecule has 2 rings (SSSR count). The van der Waals surface area contributed by atoms with Crippen molar-refractivity contribution in [3.05, 3.63) is 29.8 Å². The second-order valence-corrected chi connectivity index (χ2v) is 4.85. The molecular formula is C14H20N6O. The van der Waals surface area contributed by atoms with Gasteiger partial charge in [0.1, 0.15) is 5.75 Å². The Morgan fingerprint density at radius 1 is 1.14 bits per heavy atom. The van der Waals surface area contributed by atoms with Gasteiger partial charge in [-0.05, 0) is 24.6 Å². The minimum absolute atomic E-state index is 0.0349. The molecule has 0 saturated carbocycles. The summed E-state index contributed by atoms with van der Waals surface area (Å²) < 4.78 is 5.15. The number of rotatable bonds is 5. The third-order valence-electron chi connectivity index (χ3n) is 3.00. The highest BCUT2D eigenvalue weighted by molar-refractivity contribution is 5.42. The van der Waals surface area contributed by atoms with E-state index in [4.69, 9.17) is 10.5 Å². The average molecular weight is 288 g/mol. The van der Waals surface area contributed by atoms with Crippen molar-refractivity contribution in [2.24, 2.45) is 0 Å². The van der Waals surface area contributed by atoms with Crippen molar-refractivity contribution in [3.63, 3.8) is 0 Å². The van der Waals surface area contributed by atoms with E-state index in [2.05, 4.69) is 20.3 Å². The summed E-state index contributed by atoms with van der Waals surface area (Å²) in [6.45, 7) is 2.02. The van der Waals surface area contributed by atoms with Crippen molar-refractivity contribution in [3.8, 4) is 5.75 Å². The molecule has 7 nitrogen and oxygen atoms in total. The van der Waals surface area contributed by atoms with Crippen molar-refractivity contribution < 1.29 is 4.74 Å². The Morgan fingerprint density at radius 3 is 2.38 bits per heavy atom. The van der Waals surface area contributed by atoms with Crippen molar-refractivity contribution in [1.82, 2.24) is 15.0 Å². The summed E-state index contributed by atoms with van der Waals surface area (Å²) in [6, 6.07) is 7.86. The monoisotopic (exact) mass is 288 g/mol.